The van der Waals surface area contributed by atoms with Gasteiger partial charge >= 0.3 is 6.18 Å². The topological polar surface area (TPSA) is 66.8 Å². The lowest BCUT2D eigenvalue weighted by Gasteiger charge is -2.27. The van der Waals surface area contributed by atoms with E-state index in [0.29, 0.717) is 0 Å². The molecule has 132 valence electrons. The van der Waals surface area contributed by atoms with Crippen molar-refractivity contribution in [3.05, 3.63) is 42.0 Å². The largest absolute Gasteiger partial charge is 0.416 e. The Morgan fingerprint density at radius 1 is 1.20 bits per heavy atom. The van der Waals surface area contributed by atoms with Crippen molar-refractivity contribution >= 4 is 17.5 Å². The number of carbonyl (C=O) groups excluding carboxylic acids is 2. The Hall–Kier alpha value is -2.19. The molecule has 1 aromatic carbocycles. The van der Waals surface area contributed by atoms with E-state index in [1.54, 1.807) is 19.1 Å². The third-order valence-corrected chi connectivity index (χ3v) is 5.24. The molecule has 8 heteroatoms. The van der Waals surface area contributed by atoms with Crippen LogP contribution in [0.3, 0.4) is 0 Å². The highest BCUT2D eigenvalue weighted by Gasteiger charge is 2.72. The molecule has 0 spiro atoms. The van der Waals surface area contributed by atoms with Crippen LogP contribution >= 0.6 is 0 Å². The average molecular weight is 353 g/mol. The van der Waals surface area contributed by atoms with Gasteiger partial charge in [0.05, 0.1) is 35.3 Å². The van der Waals surface area contributed by atoms with Gasteiger partial charge in [-0.1, -0.05) is 18.2 Å². The van der Waals surface area contributed by atoms with Crippen LogP contribution in [0, 0.1) is 11.8 Å². The van der Waals surface area contributed by atoms with Crippen molar-refractivity contribution < 1.29 is 32.6 Å². The van der Waals surface area contributed by atoms with Gasteiger partial charge in [-0.2, -0.15) is 13.2 Å². The minimum atomic E-state index is -4.58. The Morgan fingerprint density at radius 2 is 1.88 bits per heavy atom. The van der Waals surface area contributed by atoms with Gasteiger partial charge in [-0.15, -0.1) is 0 Å². The lowest BCUT2D eigenvalue weighted by atomic mass is 9.73. The predicted molar refractivity (Wildman–Crippen MR) is 79.4 cm³/mol. The minimum Gasteiger partial charge on any atom is -0.393 e. The summed E-state index contributed by atoms with van der Waals surface area (Å²) in [4.78, 5) is 26.5. The number of fused-ring (bicyclic) bond motifs is 5. The van der Waals surface area contributed by atoms with Crippen LogP contribution < -0.4 is 4.90 Å². The summed E-state index contributed by atoms with van der Waals surface area (Å²) >= 11 is 0. The number of rotatable bonds is 2. The number of nitrogens with zero attached hydrogens (tertiary/aromatic N) is 1. The quantitative estimate of drug-likeness (QED) is 0.651. The second kappa shape index (κ2) is 4.70. The van der Waals surface area contributed by atoms with Crippen molar-refractivity contribution in [3.8, 4) is 0 Å². The summed E-state index contributed by atoms with van der Waals surface area (Å²) in [5, 5.41) is 9.71. The predicted octanol–water partition coefficient (Wildman–Crippen LogP) is 1.90. The molecule has 0 unspecified atom stereocenters. The highest BCUT2D eigenvalue weighted by molar-refractivity contribution is 6.23. The van der Waals surface area contributed by atoms with Gasteiger partial charge in [-0.3, -0.25) is 9.59 Å². The molecule has 0 radical (unpaired) electrons. The number of anilines is 1. The SMILES string of the molecule is C[C@@]12C=C[C@@](CO)(O1)[C@@H]1C(=O)N(c3cccc(C(F)(F)F)c3)C(=O)[C@H]12. The van der Waals surface area contributed by atoms with Crippen LogP contribution in [0.5, 0.6) is 0 Å². The van der Waals surface area contributed by atoms with Crippen molar-refractivity contribution in [1.29, 1.82) is 0 Å². The highest BCUT2D eigenvalue weighted by atomic mass is 19.4. The normalized spacial score (nSPS) is 36.4. The standard InChI is InChI=1S/C17H14F3NO4/c1-15-5-6-16(8-22,25-15)12-11(15)13(23)21(14(12)24)10-4-2-3-9(7-10)17(18,19)20/h2-7,11-12,22H,8H2,1H3/t11-,12-,15-,16-/m0/s1. The molecule has 3 heterocycles. The lowest BCUT2D eigenvalue weighted by Crippen LogP contribution is -2.43. The fraction of sp³-hybridized carbons (Fsp3) is 0.412. The van der Waals surface area contributed by atoms with E-state index in [1.807, 2.05) is 0 Å². The van der Waals surface area contributed by atoms with Gasteiger partial charge in [-0.05, 0) is 25.1 Å². The summed E-state index contributed by atoms with van der Waals surface area (Å²) in [6, 6.07) is 4.09. The number of carbonyl (C=O) groups is 2. The maximum absolute atomic E-state index is 12.9. The van der Waals surface area contributed by atoms with Gasteiger partial charge in [0, 0.05) is 0 Å². The van der Waals surface area contributed by atoms with Crippen LogP contribution in [0.2, 0.25) is 0 Å². The molecule has 1 N–H and O–H groups in total. The van der Waals surface area contributed by atoms with E-state index in [0.717, 1.165) is 23.1 Å². The minimum absolute atomic E-state index is 0.129. The molecule has 0 aromatic heterocycles. The molecule has 0 saturated carbocycles. The van der Waals surface area contributed by atoms with Crippen LogP contribution in [0.1, 0.15) is 12.5 Å². The van der Waals surface area contributed by atoms with Gasteiger partial charge in [0.2, 0.25) is 11.8 Å². The van der Waals surface area contributed by atoms with Crippen LogP contribution in [0.25, 0.3) is 0 Å². The summed E-state index contributed by atoms with van der Waals surface area (Å²) in [5.41, 5.74) is -3.43. The number of imide groups is 1. The first-order chi connectivity index (χ1) is 11.6. The van der Waals surface area contributed by atoms with Gasteiger partial charge < -0.3 is 9.84 Å². The first kappa shape index (κ1) is 16.3. The zero-order valence-corrected chi connectivity index (χ0v) is 13.1. The van der Waals surface area contributed by atoms with Crippen molar-refractivity contribution in [2.45, 2.75) is 24.3 Å². The van der Waals surface area contributed by atoms with E-state index < -0.39 is 53.2 Å². The zero-order chi connectivity index (χ0) is 18.2. The fourth-order valence-corrected chi connectivity index (χ4v) is 4.12. The number of hydrogen-bond donors (Lipinski definition) is 1. The third-order valence-electron chi connectivity index (χ3n) is 5.24. The van der Waals surface area contributed by atoms with E-state index in [4.69, 9.17) is 4.74 Å². The summed E-state index contributed by atoms with van der Waals surface area (Å²) in [6.45, 7) is 1.14. The van der Waals surface area contributed by atoms with E-state index in [9.17, 15) is 27.9 Å². The molecule has 2 amide bonds. The molecule has 5 nitrogen and oxygen atoms in total. The first-order valence-electron chi connectivity index (χ1n) is 7.69. The second-order valence-corrected chi connectivity index (χ2v) is 6.75. The summed E-state index contributed by atoms with van der Waals surface area (Å²) in [6.07, 6.45) is -1.39. The Balaban J connectivity index is 1.78. The molecular weight excluding hydrogens is 339 g/mol. The number of aliphatic hydroxyl groups excluding tert-OH is 1. The maximum atomic E-state index is 12.9. The molecule has 2 bridgehead atoms. The van der Waals surface area contributed by atoms with Crippen molar-refractivity contribution in [1.82, 2.24) is 0 Å². The van der Waals surface area contributed by atoms with E-state index in [1.165, 1.54) is 6.07 Å². The summed E-state index contributed by atoms with van der Waals surface area (Å²) in [5.74, 6) is -3.09. The van der Waals surface area contributed by atoms with Crippen LogP contribution in [0.15, 0.2) is 36.4 Å². The molecule has 2 fully saturated rings. The van der Waals surface area contributed by atoms with Gasteiger partial charge in [0.1, 0.15) is 5.60 Å². The monoisotopic (exact) mass is 353 g/mol. The maximum Gasteiger partial charge on any atom is 0.416 e. The Kier molecular flexibility index (Phi) is 3.06. The number of ether oxygens (including phenoxy) is 1. The molecule has 25 heavy (non-hydrogen) atoms. The number of aliphatic hydroxyl groups is 1. The van der Waals surface area contributed by atoms with E-state index >= 15 is 0 Å². The Morgan fingerprint density at radius 3 is 2.52 bits per heavy atom. The molecule has 3 aliphatic heterocycles. The molecular formula is C17H14F3NO4. The van der Waals surface area contributed by atoms with Crippen LogP contribution in [0.4, 0.5) is 18.9 Å². The average Bonchev–Trinajstić information content (AvgIpc) is 3.13. The van der Waals surface area contributed by atoms with E-state index in [-0.39, 0.29) is 5.69 Å². The summed E-state index contributed by atoms with van der Waals surface area (Å²) in [7, 11) is 0. The van der Waals surface area contributed by atoms with Gasteiger partial charge in [-0.25, -0.2) is 4.90 Å². The number of alkyl halides is 3. The summed E-state index contributed by atoms with van der Waals surface area (Å²) < 4.78 is 44.6. The number of hydrogen-bond acceptors (Lipinski definition) is 4. The second-order valence-electron chi connectivity index (χ2n) is 6.75. The third kappa shape index (κ3) is 1.98. The molecule has 2 saturated heterocycles. The Bertz CT molecular complexity index is 820. The fourth-order valence-electron chi connectivity index (χ4n) is 4.12. The van der Waals surface area contributed by atoms with Crippen molar-refractivity contribution in [2.75, 3.05) is 11.5 Å². The number of benzene rings is 1. The molecule has 0 aliphatic carbocycles. The molecule has 3 aliphatic rings. The van der Waals surface area contributed by atoms with Crippen molar-refractivity contribution in [3.63, 3.8) is 0 Å². The smallest absolute Gasteiger partial charge is 0.393 e. The van der Waals surface area contributed by atoms with Gasteiger partial charge in [0.15, 0.2) is 0 Å². The number of amides is 2. The highest BCUT2D eigenvalue weighted by Crippen LogP contribution is 2.57. The molecule has 4 rings (SSSR count). The molecule has 4 atom stereocenters. The Labute approximate surface area is 140 Å². The number of halogens is 3. The first-order valence-corrected chi connectivity index (χ1v) is 7.69. The van der Waals surface area contributed by atoms with Crippen LogP contribution in [-0.2, 0) is 20.5 Å². The van der Waals surface area contributed by atoms with Crippen molar-refractivity contribution in [2.24, 2.45) is 11.8 Å². The van der Waals surface area contributed by atoms with E-state index in [2.05, 4.69) is 0 Å². The molecule has 1 aromatic rings. The van der Waals surface area contributed by atoms with Gasteiger partial charge in [0.25, 0.3) is 0 Å². The lowest BCUT2D eigenvalue weighted by molar-refractivity contribution is -0.138. The zero-order valence-electron chi connectivity index (χ0n) is 13.1. The van der Waals surface area contributed by atoms with Crippen LogP contribution in [-0.4, -0.2) is 34.7 Å².